The van der Waals surface area contributed by atoms with Gasteiger partial charge in [0.05, 0.1) is 14.2 Å². The lowest BCUT2D eigenvalue weighted by Crippen LogP contribution is -2.38. The van der Waals surface area contributed by atoms with E-state index in [4.69, 9.17) is 9.47 Å². The van der Waals surface area contributed by atoms with Crippen LogP contribution >= 0.6 is 15.9 Å². The van der Waals surface area contributed by atoms with E-state index in [1.165, 1.54) is 51.0 Å². The Balaban J connectivity index is 1.73. The summed E-state index contributed by atoms with van der Waals surface area (Å²) in [6.07, 6.45) is 3.94. The lowest BCUT2D eigenvalue weighted by molar-refractivity contribution is 0.193. The van der Waals surface area contributed by atoms with Crippen molar-refractivity contribution in [3.63, 3.8) is 0 Å². The van der Waals surface area contributed by atoms with Crippen LogP contribution in [-0.2, 0) is 6.54 Å². The summed E-state index contributed by atoms with van der Waals surface area (Å²) in [4.78, 5) is 2.57. The van der Waals surface area contributed by atoms with Gasteiger partial charge in [0, 0.05) is 29.2 Å². The van der Waals surface area contributed by atoms with Gasteiger partial charge in [-0.25, -0.2) is 0 Å². The van der Waals surface area contributed by atoms with Gasteiger partial charge in [0.15, 0.2) is 0 Å². The highest BCUT2D eigenvalue weighted by molar-refractivity contribution is 9.10. The van der Waals surface area contributed by atoms with E-state index in [9.17, 15) is 0 Å². The van der Waals surface area contributed by atoms with Crippen LogP contribution in [0.4, 0.5) is 0 Å². The molecule has 1 aromatic carbocycles. The van der Waals surface area contributed by atoms with Crippen molar-refractivity contribution >= 4 is 15.9 Å². The molecule has 2 saturated heterocycles. The predicted octanol–water partition coefficient (Wildman–Crippen LogP) is 3.04. The molecule has 0 unspecified atom stereocenters. The molecule has 0 aliphatic carbocycles. The van der Waals surface area contributed by atoms with Crippen LogP contribution in [0, 0.1) is 5.41 Å². The maximum absolute atomic E-state index is 5.57. The molecule has 2 fully saturated rings. The van der Waals surface area contributed by atoms with Gasteiger partial charge in [-0.2, -0.15) is 0 Å². The summed E-state index contributed by atoms with van der Waals surface area (Å²) in [5.41, 5.74) is 1.76. The molecule has 0 saturated carbocycles. The zero-order valence-electron chi connectivity index (χ0n) is 13.5. The van der Waals surface area contributed by atoms with Crippen molar-refractivity contribution in [2.75, 3.05) is 40.4 Å². The molecule has 1 spiro atoms. The van der Waals surface area contributed by atoms with Gasteiger partial charge >= 0.3 is 0 Å². The molecule has 4 nitrogen and oxygen atoms in total. The SMILES string of the molecule is COc1cc(Br)c(CN2CCC3(CCNCC3)C2)c(OC)c1. The zero-order valence-corrected chi connectivity index (χ0v) is 15.0. The second kappa shape index (κ2) is 6.77. The minimum absolute atomic E-state index is 0.539. The molecule has 3 rings (SSSR count). The average molecular weight is 369 g/mol. The van der Waals surface area contributed by atoms with E-state index in [2.05, 4.69) is 26.1 Å². The first kappa shape index (κ1) is 16.1. The Morgan fingerprint density at radius 3 is 2.64 bits per heavy atom. The highest BCUT2D eigenvalue weighted by Crippen LogP contribution is 2.41. The summed E-state index contributed by atoms with van der Waals surface area (Å²) in [5.74, 6) is 1.72. The number of halogens is 1. The van der Waals surface area contributed by atoms with Crippen molar-refractivity contribution in [3.05, 3.63) is 22.2 Å². The fourth-order valence-corrected chi connectivity index (χ4v) is 4.34. The number of ether oxygens (including phenoxy) is 2. The first-order valence-electron chi connectivity index (χ1n) is 7.99. The molecule has 1 N–H and O–H groups in total. The minimum Gasteiger partial charge on any atom is -0.497 e. The molecule has 2 aliphatic rings. The van der Waals surface area contributed by atoms with Crippen LogP contribution in [0.15, 0.2) is 16.6 Å². The monoisotopic (exact) mass is 368 g/mol. The van der Waals surface area contributed by atoms with E-state index < -0.39 is 0 Å². The summed E-state index contributed by atoms with van der Waals surface area (Å²) in [6, 6.07) is 3.99. The van der Waals surface area contributed by atoms with Crippen LogP contribution < -0.4 is 14.8 Å². The Hall–Kier alpha value is -0.780. The highest BCUT2D eigenvalue weighted by Gasteiger charge is 2.38. The Kier molecular flexibility index (Phi) is 4.95. The van der Waals surface area contributed by atoms with Crippen LogP contribution in [-0.4, -0.2) is 45.3 Å². The van der Waals surface area contributed by atoms with Gasteiger partial charge in [0.25, 0.3) is 0 Å². The molecule has 0 amide bonds. The molecule has 1 aromatic rings. The standard InChI is InChI=1S/C17H25BrN2O2/c1-21-13-9-15(18)14(16(10-13)22-2)11-20-8-5-17(12-20)3-6-19-7-4-17/h9-10,19H,3-8,11-12H2,1-2H3. The fraction of sp³-hybridized carbons (Fsp3) is 0.647. The molecule has 2 heterocycles. The number of likely N-dealkylation sites (tertiary alicyclic amines) is 1. The molecule has 0 bridgehead atoms. The first-order chi connectivity index (χ1) is 10.7. The van der Waals surface area contributed by atoms with E-state index in [1.807, 2.05) is 12.1 Å². The van der Waals surface area contributed by atoms with Crippen molar-refractivity contribution < 1.29 is 9.47 Å². The second-order valence-electron chi connectivity index (χ2n) is 6.50. The quantitative estimate of drug-likeness (QED) is 0.885. The minimum atomic E-state index is 0.539. The summed E-state index contributed by atoms with van der Waals surface area (Å²) < 4.78 is 12.0. The van der Waals surface area contributed by atoms with Crippen LogP contribution in [0.3, 0.4) is 0 Å². The van der Waals surface area contributed by atoms with E-state index in [-0.39, 0.29) is 0 Å². The number of hydrogen-bond acceptors (Lipinski definition) is 4. The van der Waals surface area contributed by atoms with Gasteiger partial charge in [-0.1, -0.05) is 15.9 Å². The first-order valence-corrected chi connectivity index (χ1v) is 8.78. The number of piperidine rings is 1. The summed E-state index contributed by atoms with van der Waals surface area (Å²) >= 11 is 3.68. The number of hydrogen-bond donors (Lipinski definition) is 1. The van der Waals surface area contributed by atoms with Gasteiger partial charge in [-0.3, -0.25) is 4.90 Å². The molecule has 2 aliphatic heterocycles. The molecule has 0 aromatic heterocycles. The Bertz CT molecular complexity index is 530. The Morgan fingerprint density at radius 2 is 1.95 bits per heavy atom. The lowest BCUT2D eigenvalue weighted by Gasteiger charge is -2.34. The van der Waals surface area contributed by atoms with Crippen molar-refractivity contribution in [1.82, 2.24) is 10.2 Å². The number of methoxy groups -OCH3 is 2. The molecule has 5 heteroatoms. The Labute approximate surface area is 141 Å². The normalized spacial score (nSPS) is 21.2. The molecule has 0 radical (unpaired) electrons. The van der Waals surface area contributed by atoms with Crippen molar-refractivity contribution in [2.45, 2.75) is 25.8 Å². The van der Waals surface area contributed by atoms with Crippen molar-refractivity contribution in [1.29, 1.82) is 0 Å². The van der Waals surface area contributed by atoms with Crippen LogP contribution in [0.1, 0.15) is 24.8 Å². The number of benzene rings is 1. The molecule has 22 heavy (non-hydrogen) atoms. The van der Waals surface area contributed by atoms with E-state index in [0.717, 1.165) is 22.5 Å². The second-order valence-corrected chi connectivity index (χ2v) is 7.36. The van der Waals surface area contributed by atoms with Gasteiger partial charge in [0.2, 0.25) is 0 Å². The maximum atomic E-state index is 5.57. The molecule has 122 valence electrons. The van der Waals surface area contributed by atoms with Crippen LogP contribution in [0.2, 0.25) is 0 Å². The highest BCUT2D eigenvalue weighted by atomic mass is 79.9. The van der Waals surface area contributed by atoms with E-state index >= 15 is 0 Å². The van der Waals surface area contributed by atoms with Crippen LogP contribution in [0.25, 0.3) is 0 Å². The van der Waals surface area contributed by atoms with Crippen molar-refractivity contribution in [3.8, 4) is 11.5 Å². The molecular formula is C17H25BrN2O2. The number of nitrogens with zero attached hydrogens (tertiary/aromatic N) is 1. The van der Waals surface area contributed by atoms with Gasteiger partial charge in [-0.05, 0) is 50.4 Å². The largest absolute Gasteiger partial charge is 0.497 e. The molecule has 0 atom stereocenters. The Morgan fingerprint density at radius 1 is 1.18 bits per heavy atom. The third kappa shape index (κ3) is 3.26. The maximum Gasteiger partial charge on any atom is 0.128 e. The van der Waals surface area contributed by atoms with E-state index in [0.29, 0.717) is 5.41 Å². The van der Waals surface area contributed by atoms with Crippen LogP contribution in [0.5, 0.6) is 11.5 Å². The topological polar surface area (TPSA) is 33.7 Å². The van der Waals surface area contributed by atoms with Crippen molar-refractivity contribution in [2.24, 2.45) is 5.41 Å². The van der Waals surface area contributed by atoms with Gasteiger partial charge in [0.1, 0.15) is 11.5 Å². The van der Waals surface area contributed by atoms with Gasteiger partial charge in [-0.15, -0.1) is 0 Å². The third-order valence-corrected chi connectivity index (χ3v) is 5.85. The number of nitrogens with one attached hydrogen (secondary N) is 1. The molecular weight excluding hydrogens is 344 g/mol. The van der Waals surface area contributed by atoms with Gasteiger partial charge < -0.3 is 14.8 Å². The third-order valence-electron chi connectivity index (χ3n) is 5.15. The summed E-state index contributed by atoms with van der Waals surface area (Å²) in [7, 11) is 3.41. The average Bonchev–Trinajstić information content (AvgIpc) is 2.92. The zero-order chi connectivity index (χ0) is 15.6. The summed E-state index contributed by atoms with van der Waals surface area (Å²) in [6.45, 7) is 5.66. The smallest absolute Gasteiger partial charge is 0.128 e. The lowest BCUT2D eigenvalue weighted by atomic mass is 9.78. The summed E-state index contributed by atoms with van der Waals surface area (Å²) in [5, 5.41) is 3.48. The number of rotatable bonds is 4. The van der Waals surface area contributed by atoms with E-state index in [1.54, 1.807) is 14.2 Å². The fourth-order valence-electron chi connectivity index (χ4n) is 3.79. The predicted molar refractivity (Wildman–Crippen MR) is 91.7 cm³/mol.